The molecule has 0 aromatic carbocycles. The fourth-order valence-corrected chi connectivity index (χ4v) is 6.29. The van der Waals surface area contributed by atoms with Gasteiger partial charge in [-0.3, -0.25) is 14.5 Å². The molecule has 0 spiro atoms. The van der Waals surface area contributed by atoms with Crippen molar-refractivity contribution in [1.82, 2.24) is 20.0 Å². The lowest BCUT2D eigenvalue weighted by molar-refractivity contribution is -0.134. The Hall–Kier alpha value is -1.93. The van der Waals surface area contributed by atoms with Crippen LogP contribution in [-0.4, -0.2) is 77.4 Å². The largest absolute Gasteiger partial charge is 0.339 e. The lowest BCUT2D eigenvalue weighted by Gasteiger charge is -2.41. The van der Waals surface area contributed by atoms with Crippen LogP contribution in [0.15, 0.2) is 16.8 Å². The average molecular weight is 447 g/mol. The summed E-state index contributed by atoms with van der Waals surface area (Å²) in [6, 6.07) is 2.07. The number of urea groups is 1. The van der Waals surface area contributed by atoms with Crippen molar-refractivity contribution in [1.29, 1.82) is 0 Å². The van der Waals surface area contributed by atoms with Crippen molar-refractivity contribution in [2.45, 2.75) is 63.5 Å². The Bertz CT molecular complexity index is 806. The number of nitrogens with one attached hydrogen (secondary N) is 1. The Morgan fingerprint density at radius 2 is 2.00 bits per heavy atom. The van der Waals surface area contributed by atoms with Gasteiger partial charge in [0.2, 0.25) is 0 Å². The molecule has 0 radical (unpaired) electrons. The van der Waals surface area contributed by atoms with Crippen molar-refractivity contribution < 1.29 is 14.4 Å². The molecule has 8 heteroatoms. The SMILES string of the molecule is CCC[C@]1(C2CCN(C(=O)c3ccsc3)CC2)NC(=O)N(CC[C@@H]2CCCN2C)C1=O. The van der Waals surface area contributed by atoms with Crippen molar-refractivity contribution in [3.8, 4) is 0 Å². The van der Waals surface area contributed by atoms with Gasteiger partial charge in [0.15, 0.2) is 0 Å². The van der Waals surface area contributed by atoms with Crippen molar-refractivity contribution in [2.75, 3.05) is 33.2 Å². The van der Waals surface area contributed by atoms with Gasteiger partial charge in [-0.1, -0.05) is 13.3 Å². The van der Waals surface area contributed by atoms with E-state index < -0.39 is 5.54 Å². The molecule has 1 N–H and O–H groups in total. The first-order valence-corrected chi connectivity index (χ1v) is 12.6. The molecule has 4 amide bonds. The van der Waals surface area contributed by atoms with Gasteiger partial charge in [-0.15, -0.1) is 0 Å². The second-order valence-corrected chi connectivity index (χ2v) is 10.0. The zero-order valence-corrected chi connectivity index (χ0v) is 19.5. The van der Waals surface area contributed by atoms with E-state index >= 15 is 0 Å². The highest BCUT2D eigenvalue weighted by Gasteiger charge is 2.55. The Morgan fingerprint density at radius 3 is 2.61 bits per heavy atom. The zero-order valence-electron chi connectivity index (χ0n) is 18.6. The van der Waals surface area contributed by atoms with Gasteiger partial charge in [0.1, 0.15) is 5.54 Å². The van der Waals surface area contributed by atoms with Crippen molar-refractivity contribution >= 4 is 29.2 Å². The minimum absolute atomic E-state index is 0.0531. The normalized spacial score (nSPS) is 27.9. The standard InChI is InChI=1S/C23H34N4O3S/c1-3-10-23(18-6-12-26(13-7-18)20(28)17-9-15-31-16-17)21(29)27(22(30)24-23)14-8-19-5-4-11-25(19)2/h9,15-16,18-19H,3-8,10-14H2,1-2H3,(H,24,30)/t19-,23+/m0/s1. The molecule has 0 saturated carbocycles. The first-order chi connectivity index (χ1) is 15.0. The second kappa shape index (κ2) is 9.28. The topological polar surface area (TPSA) is 73.0 Å². The quantitative estimate of drug-likeness (QED) is 0.653. The summed E-state index contributed by atoms with van der Waals surface area (Å²) in [5.74, 6) is 0.0746. The summed E-state index contributed by atoms with van der Waals surface area (Å²) in [4.78, 5) is 44.8. The van der Waals surface area contributed by atoms with Gasteiger partial charge in [0.05, 0.1) is 5.56 Å². The second-order valence-electron chi connectivity index (χ2n) is 9.25. The van der Waals surface area contributed by atoms with Crippen LogP contribution in [0.5, 0.6) is 0 Å². The number of amides is 4. The molecule has 3 aliphatic rings. The predicted octanol–water partition coefficient (Wildman–Crippen LogP) is 3.18. The summed E-state index contributed by atoms with van der Waals surface area (Å²) in [7, 11) is 2.12. The minimum atomic E-state index is -0.815. The summed E-state index contributed by atoms with van der Waals surface area (Å²) in [6.45, 7) is 4.89. The summed E-state index contributed by atoms with van der Waals surface area (Å²) < 4.78 is 0. The highest BCUT2D eigenvalue weighted by molar-refractivity contribution is 7.08. The van der Waals surface area contributed by atoms with Crippen LogP contribution in [0.4, 0.5) is 4.79 Å². The third-order valence-corrected chi connectivity index (χ3v) is 8.13. The maximum atomic E-state index is 13.6. The zero-order chi connectivity index (χ0) is 22.0. The maximum absolute atomic E-state index is 13.6. The van der Waals surface area contributed by atoms with Crippen LogP contribution in [0.25, 0.3) is 0 Å². The van der Waals surface area contributed by atoms with Crippen molar-refractivity contribution in [2.24, 2.45) is 5.92 Å². The molecule has 3 aliphatic heterocycles. The Kier molecular flexibility index (Phi) is 6.67. The number of nitrogens with zero attached hydrogens (tertiary/aromatic N) is 3. The van der Waals surface area contributed by atoms with Gasteiger partial charge in [0.25, 0.3) is 11.8 Å². The fourth-order valence-electron chi connectivity index (χ4n) is 5.66. The molecule has 1 aromatic heterocycles. The van der Waals surface area contributed by atoms with E-state index in [0.717, 1.165) is 44.2 Å². The van der Waals surface area contributed by atoms with Crippen LogP contribution in [0.3, 0.4) is 0 Å². The lowest BCUT2D eigenvalue weighted by atomic mass is 9.74. The van der Waals surface area contributed by atoms with Crippen LogP contribution < -0.4 is 5.32 Å². The van der Waals surface area contributed by atoms with E-state index in [2.05, 4.69) is 24.2 Å². The van der Waals surface area contributed by atoms with E-state index in [-0.39, 0.29) is 23.8 Å². The molecule has 0 unspecified atom stereocenters. The van der Waals surface area contributed by atoms with Gasteiger partial charge >= 0.3 is 6.03 Å². The molecule has 3 fully saturated rings. The Labute approximate surface area is 188 Å². The molecule has 4 heterocycles. The van der Waals surface area contributed by atoms with Gasteiger partial charge in [-0.2, -0.15) is 11.3 Å². The molecule has 1 aromatic rings. The third-order valence-electron chi connectivity index (χ3n) is 7.45. The van der Waals surface area contributed by atoms with Gasteiger partial charge in [-0.25, -0.2) is 4.79 Å². The Balaban J connectivity index is 1.42. The predicted molar refractivity (Wildman–Crippen MR) is 121 cm³/mol. The smallest absolute Gasteiger partial charge is 0.325 e. The van der Waals surface area contributed by atoms with E-state index in [1.165, 1.54) is 22.7 Å². The summed E-state index contributed by atoms with van der Waals surface area (Å²) in [5, 5.41) is 6.92. The third kappa shape index (κ3) is 4.24. The molecule has 7 nitrogen and oxygen atoms in total. The fraction of sp³-hybridized carbons (Fsp3) is 0.696. The molecule has 31 heavy (non-hydrogen) atoms. The van der Waals surface area contributed by atoms with Crippen molar-refractivity contribution in [3.63, 3.8) is 0 Å². The Morgan fingerprint density at radius 1 is 1.23 bits per heavy atom. The van der Waals surface area contributed by atoms with Crippen LogP contribution in [0, 0.1) is 5.92 Å². The summed E-state index contributed by atoms with van der Waals surface area (Å²) in [5.41, 5.74) is -0.0784. The first-order valence-electron chi connectivity index (χ1n) is 11.6. The van der Waals surface area contributed by atoms with Crippen LogP contribution in [-0.2, 0) is 4.79 Å². The molecular formula is C23H34N4O3S. The molecule has 4 rings (SSSR count). The van der Waals surface area contributed by atoms with Gasteiger partial charge in [-0.05, 0) is 69.5 Å². The number of carbonyl (C=O) groups excluding carboxylic acids is 3. The van der Waals surface area contributed by atoms with E-state index in [9.17, 15) is 14.4 Å². The van der Waals surface area contributed by atoms with Gasteiger partial charge < -0.3 is 15.1 Å². The molecule has 0 aliphatic carbocycles. The molecule has 2 atom stereocenters. The highest BCUT2D eigenvalue weighted by atomic mass is 32.1. The van der Waals surface area contributed by atoms with E-state index in [1.807, 2.05) is 21.7 Å². The van der Waals surface area contributed by atoms with Crippen LogP contribution in [0.1, 0.15) is 62.2 Å². The molecule has 3 saturated heterocycles. The van der Waals surface area contributed by atoms with E-state index in [4.69, 9.17) is 0 Å². The van der Waals surface area contributed by atoms with Crippen LogP contribution >= 0.6 is 11.3 Å². The average Bonchev–Trinajstić information content (AvgIpc) is 3.49. The highest BCUT2D eigenvalue weighted by Crippen LogP contribution is 2.37. The summed E-state index contributed by atoms with van der Waals surface area (Å²) in [6.07, 6.45) is 6.12. The number of rotatable bonds is 7. The maximum Gasteiger partial charge on any atom is 0.325 e. The first kappa shape index (κ1) is 22.3. The number of hydrogen-bond donors (Lipinski definition) is 1. The molecule has 170 valence electrons. The number of thiophene rings is 1. The number of imide groups is 1. The number of piperidine rings is 1. The number of hydrogen-bond acceptors (Lipinski definition) is 5. The molecule has 0 bridgehead atoms. The monoisotopic (exact) mass is 446 g/mol. The van der Waals surface area contributed by atoms with Crippen molar-refractivity contribution in [3.05, 3.63) is 22.4 Å². The van der Waals surface area contributed by atoms with E-state index in [0.29, 0.717) is 32.1 Å². The minimum Gasteiger partial charge on any atom is -0.339 e. The van der Waals surface area contributed by atoms with E-state index in [1.54, 1.807) is 0 Å². The lowest BCUT2D eigenvalue weighted by Crippen LogP contribution is -2.56. The number of carbonyl (C=O) groups is 3. The number of likely N-dealkylation sites (tertiary alicyclic amines) is 2. The summed E-state index contributed by atoms with van der Waals surface area (Å²) >= 11 is 1.53. The van der Waals surface area contributed by atoms with Crippen LogP contribution in [0.2, 0.25) is 0 Å². The molecular weight excluding hydrogens is 412 g/mol. The van der Waals surface area contributed by atoms with Gasteiger partial charge in [0, 0.05) is 31.1 Å².